The van der Waals surface area contributed by atoms with E-state index in [9.17, 15) is 4.79 Å². The van der Waals surface area contributed by atoms with Crippen molar-refractivity contribution in [3.05, 3.63) is 82.8 Å². The third-order valence-corrected chi connectivity index (χ3v) is 5.07. The summed E-state index contributed by atoms with van der Waals surface area (Å²) >= 11 is 0. The molecular formula is C23H24N4O2. The molecule has 1 aromatic heterocycles. The molecule has 1 fully saturated rings. The summed E-state index contributed by atoms with van der Waals surface area (Å²) in [6.07, 6.45) is 9.09. The maximum Gasteiger partial charge on any atom is 0.271 e. The zero-order valence-corrected chi connectivity index (χ0v) is 16.3. The van der Waals surface area contributed by atoms with Crippen LogP contribution >= 0.6 is 0 Å². The topological polar surface area (TPSA) is 66.8 Å². The number of pyridine rings is 1. The van der Waals surface area contributed by atoms with Crippen molar-refractivity contribution >= 4 is 18.2 Å². The molecule has 0 atom stereocenters. The van der Waals surface area contributed by atoms with Crippen molar-refractivity contribution in [1.29, 1.82) is 0 Å². The number of nitrogens with one attached hydrogen (secondary N) is 1. The first-order valence-corrected chi connectivity index (χ1v) is 9.86. The van der Waals surface area contributed by atoms with Crippen LogP contribution in [0.2, 0.25) is 0 Å². The monoisotopic (exact) mass is 388 g/mol. The second-order valence-electron chi connectivity index (χ2n) is 6.99. The first-order valence-electron chi connectivity index (χ1n) is 9.86. The van der Waals surface area contributed by atoms with E-state index in [1.807, 2.05) is 6.07 Å². The van der Waals surface area contributed by atoms with Gasteiger partial charge in [-0.15, -0.1) is 0 Å². The standard InChI is InChI=1S/C23H24N4O2/c28-23(19-8-10-24-11-9-19)26-25-17-21-7-6-20(16-18-4-2-1-3-5-18)22(21)27-12-14-29-15-13-27/h1-5,8-11,16-17H,6-7,12-15H2,(H,26,28)/b20-16-,25-17+. The van der Waals surface area contributed by atoms with Gasteiger partial charge in [-0.05, 0) is 47.8 Å². The lowest BCUT2D eigenvalue weighted by Gasteiger charge is -2.31. The molecule has 6 nitrogen and oxygen atoms in total. The van der Waals surface area contributed by atoms with Gasteiger partial charge in [0.25, 0.3) is 5.91 Å². The van der Waals surface area contributed by atoms with Crippen LogP contribution in [0.4, 0.5) is 0 Å². The minimum Gasteiger partial charge on any atom is -0.378 e. The van der Waals surface area contributed by atoms with E-state index in [1.165, 1.54) is 16.8 Å². The number of hydrazone groups is 1. The fourth-order valence-electron chi connectivity index (χ4n) is 3.66. The highest BCUT2D eigenvalue weighted by molar-refractivity contribution is 5.94. The van der Waals surface area contributed by atoms with E-state index in [0.717, 1.165) is 44.7 Å². The van der Waals surface area contributed by atoms with Crippen LogP contribution in [0, 0.1) is 0 Å². The molecular weight excluding hydrogens is 364 g/mol. The molecule has 29 heavy (non-hydrogen) atoms. The highest BCUT2D eigenvalue weighted by atomic mass is 16.5. The van der Waals surface area contributed by atoms with Gasteiger partial charge in [0.1, 0.15) is 0 Å². The second-order valence-corrected chi connectivity index (χ2v) is 6.99. The molecule has 148 valence electrons. The molecule has 2 aromatic rings. The Labute approximate surface area is 170 Å². The van der Waals surface area contributed by atoms with E-state index in [-0.39, 0.29) is 5.91 Å². The third-order valence-electron chi connectivity index (χ3n) is 5.07. The molecule has 0 unspecified atom stereocenters. The van der Waals surface area contributed by atoms with Gasteiger partial charge in [-0.3, -0.25) is 9.78 Å². The Bertz CT molecular complexity index is 930. The summed E-state index contributed by atoms with van der Waals surface area (Å²) in [7, 11) is 0. The second kappa shape index (κ2) is 9.30. The Kier molecular flexibility index (Phi) is 6.12. The summed E-state index contributed by atoms with van der Waals surface area (Å²) in [5, 5.41) is 4.23. The first kappa shape index (κ1) is 19.1. The van der Waals surface area contributed by atoms with Gasteiger partial charge in [-0.2, -0.15) is 5.10 Å². The average Bonchev–Trinajstić information content (AvgIpc) is 3.18. The summed E-state index contributed by atoms with van der Waals surface area (Å²) in [6.45, 7) is 3.18. The molecule has 1 aliphatic carbocycles. The van der Waals surface area contributed by atoms with Crippen LogP contribution in [0.1, 0.15) is 28.8 Å². The molecule has 1 saturated heterocycles. The number of carbonyl (C=O) groups is 1. The fourth-order valence-corrected chi connectivity index (χ4v) is 3.66. The summed E-state index contributed by atoms with van der Waals surface area (Å²) in [5.74, 6) is -0.241. The number of ether oxygens (including phenoxy) is 1. The Balaban J connectivity index is 1.56. The van der Waals surface area contributed by atoms with Crippen LogP contribution in [-0.4, -0.2) is 48.3 Å². The molecule has 0 radical (unpaired) electrons. The molecule has 4 rings (SSSR count). The van der Waals surface area contributed by atoms with Crippen LogP contribution in [-0.2, 0) is 4.74 Å². The quantitative estimate of drug-likeness (QED) is 0.631. The fraction of sp³-hybridized carbons (Fsp3) is 0.261. The zero-order chi connectivity index (χ0) is 19.9. The van der Waals surface area contributed by atoms with Crippen molar-refractivity contribution < 1.29 is 9.53 Å². The lowest BCUT2D eigenvalue weighted by atomic mass is 10.1. The highest BCUT2D eigenvalue weighted by Gasteiger charge is 2.25. The van der Waals surface area contributed by atoms with E-state index in [2.05, 4.69) is 50.8 Å². The number of amides is 1. The number of morpholine rings is 1. The summed E-state index contributed by atoms with van der Waals surface area (Å²) in [5.41, 5.74) is 8.02. The van der Waals surface area contributed by atoms with Crippen LogP contribution in [0.3, 0.4) is 0 Å². The molecule has 2 aliphatic rings. The van der Waals surface area contributed by atoms with Gasteiger partial charge in [0.15, 0.2) is 0 Å². The molecule has 1 amide bonds. The van der Waals surface area contributed by atoms with Crippen LogP contribution in [0.15, 0.2) is 76.8 Å². The lowest BCUT2D eigenvalue weighted by Crippen LogP contribution is -2.36. The summed E-state index contributed by atoms with van der Waals surface area (Å²) < 4.78 is 5.53. The van der Waals surface area contributed by atoms with Crippen molar-refractivity contribution in [3.8, 4) is 0 Å². The first-order chi connectivity index (χ1) is 14.3. The number of aromatic nitrogens is 1. The molecule has 1 aliphatic heterocycles. The largest absolute Gasteiger partial charge is 0.378 e. The highest BCUT2D eigenvalue weighted by Crippen LogP contribution is 2.34. The van der Waals surface area contributed by atoms with Crippen molar-refractivity contribution in [2.45, 2.75) is 12.8 Å². The number of allylic oxidation sites excluding steroid dienone is 2. The number of benzene rings is 1. The number of hydrogen-bond donors (Lipinski definition) is 1. The van der Waals surface area contributed by atoms with Crippen molar-refractivity contribution in [1.82, 2.24) is 15.3 Å². The Morgan fingerprint density at radius 1 is 1.07 bits per heavy atom. The lowest BCUT2D eigenvalue weighted by molar-refractivity contribution is 0.0548. The van der Waals surface area contributed by atoms with Gasteiger partial charge < -0.3 is 9.64 Å². The van der Waals surface area contributed by atoms with Gasteiger partial charge in [0, 0.05) is 36.7 Å². The molecule has 0 saturated carbocycles. The number of carbonyl (C=O) groups excluding carboxylic acids is 1. The number of rotatable bonds is 5. The maximum absolute atomic E-state index is 12.2. The summed E-state index contributed by atoms with van der Waals surface area (Å²) in [4.78, 5) is 18.5. The molecule has 2 heterocycles. The van der Waals surface area contributed by atoms with E-state index < -0.39 is 0 Å². The maximum atomic E-state index is 12.2. The molecule has 6 heteroatoms. The van der Waals surface area contributed by atoms with E-state index >= 15 is 0 Å². The minimum absolute atomic E-state index is 0.241. The Hall–Kier alpha value is -3.25. The van der Waals surface area contributed by atoms with Crippen molar-refractivity contribution in [3.63, 3.8) is 0 Å². The van der Waals surface area contributed by atoms with E-state index in [4.69, 9.17) is 4.74 Å². The van der Waals surface area contributed by atoms with E-state index in [1.54, 1.807) is 30.7 Å². The molecule has 0 bridgehead atoms. The van der Waals surface area contributed by atoms with Gasteiger partial charge in [-0.1, -0.05) is 30.3 Å². The number of nitrogens with zero attached hydrogens (tertiary/aromatic N) is 3. The molecule has 0 spiro atoms. The molecule has 1 N–H and O–H groups in total. The number of hydrogen-bond acceptors (Lipinski definition) is 5. The average molecular weight is 388 g/mol. The SMILES string of the molecule is O=C(N/N=C/C1=C(N2CCOCC2)C(=C\c2ccccc2)/CC1)c1ccncc1. The van der Waals surface area contributed by atoms with Gasteiger partial charge in [0.2, 0.25) is 0 Å². The van der Waals surface area contributed by atoms with Crippen LogP contribution < -0.4 is 5.43 Å². The predicted molar refractivity (Wildman–Crippen MR) is 113 cm³/mol. The van der Waals surface area contributed by atoms with Crippen molar-refractivity contribution in [2.24, 2.45) is 5.10 Å². The van der Waals surface area contributed by atoms with Crippen molar-refractivity contribution in [2.75, 3.05) is 26.3 Å². The minimum atomic E-state index is -0.241. The Morgan fingerprint density at radius 2 is 1.83 bits per heavy atom. The van der Waals surface area contributed by atoms with E-state index in [0.29, 0.717) is 5.56 Å². The molecule has 1 aromatic carbocycles. The normalized spacial score (nSPS) is 18.6. The van der Waals surface area contributed by atoms with Gasteiger partial charge in [0.05, 0.1) is 19.4 Å². The van der Waals surface area contributed by atoms with Gasteiger partial charge >= 0.3 is 0 Å². The van der Waals surface area contributed by atoms with Gasteiger partial charge in [-0.25, -0.2) is 5.43 Å². The Morgan fingerprint density at radius 3 is 2.59 bits per heavy atom. The summed E-state index contributed by atoms with van der Waals surface area (Å²) in [6, 6.07) is 13.7. The predicted octanol–water partition coefficient (Wildman–Crippen LogP) is 3.26. The third kappa shape index (κ3) is 4.78. The van der Waals surface area contributed by atoms with Crippen LogP contribution in [0.5, 0.6) is 0 Å². The zero-order valence-electron chi connectivity index (χ0n) is 16.3. The smallest absolute Gasteiger partial charge is 0.271 e. The van der Waals surface area contributed by atoms with Crippen LogP contribution in [0.25, 0.3) is 6.08 Å².